The van der Waals surface area contributed by atoms with E-state index in [0.29, 0.717) is 22.6 Å². The fraction of sp³-hybridized carbons (Fsp3) is 0.240. The molecule has 5 nitrogen and oxygen atoms in total. The van der Waals surface area contributed by atoms with E-state index in [-0.39, 0.29) is 23.3 Å². The predicted octanol–water partition coefficient (Wildman–Crippen LogP) is 4.93. The summed E-state index contributed by atoms with van der Waals surface area (Å²) < 4.78 is 1.68. The molecule has 0 fully saturated rings. The van der Waals surface area contributed by atoms with E-state index < -0.39 is 0 Å². The molecule has 0 aliphatic rings. The van der Waals surface area contributed by atoms with Gasteiger partial charge in [-0.1, -0.05) is 73.3 Å². The third-order valence-corrected chi connectivity index (χ3v) is 6.25. The van der Waals surface area contributed by atoms with Crippen LogP contribution in [0.5, 0.6) is 0 Å². The zero-order valence-electron chi connectivity index (χ0n) is 17.7. The molecule has 0 spiro atoms. The molecule has 1 heterocycles. The van der Waals surface area contributed by atoms with Crippen LogP contribution in [0.4, 0.5) is 0 Å². The molecule has 4 aromatic rings. The normalized spacial score (nSPS) is 12.2. The smallest absolute Gasteiger partial charge is 0.262 e. The molecule has 0 aliphatic heterocycles. The highest BCUT2D eigenvalue weighted by atomic mass is 32.2. The van der Waals surface area contributed by atoms with Crippen molar-refractivity contribution in [3.05, 3.63) is 82.6 Å². The van der Waals surface area contributed by atoms with E-state index in [1.54, 1.807) is 10.6 Å². The predicted molar refractivity (Wildman–Crippen MR) is 128 cm³/mol. The number of carbonyl (C=O) groups is 1. The second-order valence-electron chi connectivity index (χ2n) is 7.51. The van der Waals surface area contributed by atoms with Gasteiger partial charge in [0, 0.05) is 6.54 Å². The van der Waals surface area contributed by atoms with Crippen molar-refractivity contribution in [1.29, 1.82) is 0 Å². The van der Waals surface area contributed by atoms with E-state index >= 15 is 0 Å². The molecule has 0 saturated heterocycles. The summed E-state index contributed by atoms with van der Waals surface area (Å²) in [6.45, 7) is 4.59. The van der Waals surface area contributed by atoms with Crippen LogP contribution in [-0.4, -0.2) is 21.2 Å². The lowest BCUT2D eigenvalue weighted by molar-refractivity contribution is -0.119. The summed E-state index contributed by atoms with van der Waals surface area (Å²) in [6, 6.07) is 21.5. The number of hydrogen-bond donors (Lipinski definition) is 1. The van der Waals surface area contributed by atoms with Crippen LogP contribution in [0, 0.1) is 0 Å². The second kappa shape index (κ2) is 9.35. The van der Waals surface area contributed by atoms with E-state index in [1.165, 1.54) is 11.8 Å². The summed E-state index contributed by atoms with van der Waals surface area (Å²) in [5.74, 6) is 0.111. The lowest BCUT2D eigenvalue weighted by Crippen LogP contribution is -2.29. The number of rotatable bonds is 7. The topological polar surface area (TPSA) is 64.0 Å². The number of amides is 1. The molecule has 6 heteroatoms. The molecule has 158 valence electrons. The Labute approximate surface area is 185 Å². The summed E-state index contributed by atoms with van der Waals surface area (Å²) in [5.41, 5.74) is 1.69. The van der Waals surface area contributed by atoms with E-state index in [9.17, 15) is 9.59 Å². The van der Waals surface area contributed by atoms with Crippen LogP contribution in [0.1, 0.15) is 31.9 Å². The maximum Gasteiger partial charge on any atom is 0.262 e. The minimum atomic E-state index is -0.124. The van der Waals surface area contributed by atoms with Gasteiger partial charge in [-0.2, -0.15) is 0 Å². The van der Waals surface area contributed by atoms with Crippen LogP contribution >= 0.6 is 11.8 Å². The Balaban J connectivity index is 1.51. The van der Waals surface area contributed by atoms with Crippen LogP contribution in [0.15, 0.2) is 76.7 Å². The van der Waals surface area contributed by atoms with Crippen molar-refractivity contribution in [2.75, 3.05) is 5.75 Å². The van der Waals surface area contributed by atoms with Gasteiger partial charge in [-0.05, 0) is 41.8 Å². The first-order valence-corrected chi connectivity index (χ1v) is 11.5. The van der Waals surface area contributed by atoms with Crippen molar-refractivity contribution in [3.63, 3.8) is 0 Å². The Morgan fingerprint density at radius 1 is 1.03 bits per heavy atom. The molecule has 4 rings (SSSR count). The zero-order chi connectivity index (χ0) is 21.8. The van der Waals surface area contributed by atoms with Crippen LogP contribution in [-0.2, 0) is 11.3 Å². The van der Waals surface area contributed by atoms with E-state index in [1.807, 2.05) is 56.3 Å². The van der Waals surface area contributed by atoms with Crippen molar-refractivity contribution in [3.8, 4) is 0 Å². The van der Waals surface area contributed by atoms with Gasteiger partial charge in [0.2, 0.25) is 5.91 Å². The van der Waals surface area contributed by atoms with Crippen molar-refractivity contribution < 1.29 is 4.79 Å². The maximum absolute atomic E-state index is 12.9. The molecule has 1 atom stereocenters. The molecule has 1 unspecified atom stereocenters. The lowest BCUT2D eigenvalue weighted by atomic mass is 10.00. The van der Waals surface area contributed by atoms with E-state index in [2.05, 4.69) is 28.5 Å². The van der Waals surface area contributed by atoms with E-state index in [4.69, 9.17) is 0 Å². The lowest BCUT2D eigenvalue weighted by Gasteiger charge is -2.17. The van der Waals surface area contributed by atoms with Gasteiger partial charge in [0.15, 0.2) is 5.16 Å². The molecule has 31 heavy (non-hydrogen) atoms. The molecule has 0 radical (unpaired) electrons. The van der Waals surface area contributed by atoms with Crippen LogP contribution in [0.3, 0.4) is 0 Å². The zero-order valence-corrected chi connectivity index (χ0v) is 18.5. The highest BCUT2D eigenvalue weighted by molar-refractivity contribution is 7.99. The molecule has 0 bridgehead atoms. The fourth-order valence-electron chi connectivity index (χ4n) is 3.80. The maximum atomic E-state index is 12.9. The third-order valence-electron chi connectivity index (χ3n) is 5.27. The number of nitrogens with one attached hydrogen (secondary N) is 1. The molecule has 1 aromatic heterocycles. The van der Waals surface area contributed by atoms with Gasteiger partial charge in [0.05, 0.1) is 22.7 Å². The highest BCUT2D eigenvalue weighted by Crippen LogP contribution is 2.24. The van der Waals surface area contributed by atoms with E-state index in [0.717, 1.165) is 22.8 Å². The van der Waals surface area contributed by atoms with Crippen LogP contribution in [0.2, 0.25) is 0 Å². The Hall–Kier alpha value is -3.12. The van der Waals surface area contributed by atoms with Gasteiger partial charge in [-0.25, -0.2) is 4.98 Å². The minimum absolute atomic E-state index is 0.0560. The van der Waals surface area contributed by atoms with Crippen molar-refractivity contribution in [2.24, 2.45) is 0 Å². The first-order chi connectivity index (χ1) is 15.1. The van der Waals surface area contributed by atoms with Gasteiger partial charge in [0.1, 0.15) is 0 Å². The number of carbonyl (C=O) groups excluding carboxylic acids is 1. The molecular formula is C25H25N3O2S. The Morgan fingerprint density at radius 3 is 2.55 bits per heavy atom. The summed E-state index contributed by atoms with van der Waals surface area (Å²) in [7, 11) is 0. The number of benzene rings is 3. The number of thioether (sulfide) groups is 1. The van der Waals surface area contributed by atoms with Gasteiger partial charge in [-0.15, -0.1) is 0 Å². The number of nitrogens with zero attached hydrogens (tertiary/aromatic N) is 2. The number of aromatic nitrogens is 2. The Kier molecular flexibility index (Phi) is 6.37. The van der Waals surface area contributed by atoms with Crippen LogP contribution < -0.4 is 10.9 Å². The van der Waals surface area contributed by atoms with Gasteiger partial charge in [-0.3, -0.25) is 14.2 Å². The average molecular weight is 432 g/mol. The molecular weight excluding hydrogens is 406 g/mol. The summed E-state index contributed by atoms with van der Waals surface area (Å²) >= 11 is 1.30. The quantitative estimate of drug-likeness (QED) is 0.333. The molecule has 0 saturated carbocycles. The van der Waals surface area contributed by atoms with Crippen molar-refractivity contribution in [2.45, 2.75) is 38.0 Å². The Bertz CT molecular complexity index is 1290. The summed E-state index contributed by atoms with van der Waals surface area (Å²) in [5, 5.41) is 6.56. The summed E-state index contributed by atoms with van der Waals surface area (Å²) in [4.78, 5) is 30.2. The first kappa shape index (κ1) is 21.1. The number of fused-ring (bicyclic) bond motifs is 2. The molecule has 0 aliphatic carbocycles. The summed E-state index contributed by atoms with van der Waals surface area (Å²) in [6.07, 6.45) is 0.817. The minimum Gasteiger partial charge on any atom is -0.349 e. The van der Waals surface area contributed by atoms with Gasteiger partial charge < -0.3 is 5.32 Å². The Morgan fingerprint density at radius 2 is 1.74 bits per heavy atom. The van der Waals surface area contributed by atoms with Crippen LogP contribution in [0.25, 0.3) is 21.7 Å². The average Bonchev–Trinajstić information content (AvgIpc) is 2.79. The van der Waals surface area contributed by atoms with Gasteiger partial charge >= 0.3 is 0 Å². The largest absolute Gasteiger partial charge is 0.349 e. The fourth-order valence-corrected chi connectivity index (χ4v) is 4.63. The van der Waals surface area contributed by atoms with Crippen molar-refractivity contribution >= 4 is 39.3 Å². The SMILES string of the molecule is CCCn1c(SCC(=O)NC(C)c2cccc3ccccc23)nc2ccccc2c1=O. The second-order valence-corrected chi connectivity index (χ2v) is 8.46. The molecule has 3 aromatic carbocycles. The highest BCUT2D eigenvalue weighted by Gasteiger charge is 2.15. The molecule has 1 N–H and O–H groups in total. The van der Waals surface area contributed by atoms with Crippen molar-refractivity contribution in [1.82, 2.24) is 14.9 Å². The standard InChI is InChI=1S/C25H25N3O2S/c1-3-15-28-24(30)21-12-6-7-14-22(21)27-25(28)31-16-23(29)26-17(2)19-13-8-10-18-9-4-5-11-20(18)19/h4-14,17H,3,15-16H2,1-2H3,(H,26,29). The third kappa shape index (κ3) is 4.49. The molecule has 1 amide bonds. The first-order valence-electron chi connectivity index (χ1n) is 10.5. The number of hydrogen-bond acceptors (Lipinski definition) is 4. The van der Waals surface area contributed by atoms with Gasteiger partial charge in [0.25, 0.3) is 5.56 Å². The monoisotopic (exact) mass is 431 g/mol. The number of para-hydroxylation sites is 1.